The number of furan rings is 2. The lowest BCUT2D eigenvalue weighted by Crippen LogP contribution is -3.15. The number of benzene rings is 1. The molecule has 2 aliphatic heterocycles. The van der Waals surface area contributed by atoms with Crippen LogP contribution in [0.1, 0.15) is 24.0 Å². The molecule has 1 fully saturated rings. The van der Waals surface area contributed by atoms with Crippen molar-refractivity contribution in [1.82, 2.24) is 5.01 Å². The number of carbonyl (C=O) groups excluding carboxylic acids is 1. The number of hydrazone groups is 1. The van der Waals surface area contributed by atoms with Crippen molar-refractivity contribution in [2.45, 2.75) is 12.5 Å². The molecule has 7 nitrogen and oxygen atoms in total. The maximum Gasteiger partial charge on any atom is 0.298 e. The molecule has 0 spiro atoms. The zero-order valence-electron chi connectivity index (χ0n) is 15.5. The van der Waals surface area contributed by atoms with Crippen LogP contribution in [0.25, 0.3) is 11.0 Å². The summed E-state index contributed by atoms with van der Waals surface area (Å²) < 4.78 is 17.0. The average molecular weight is 380 g/mol. The van der Waals surface area contributed by atoms with E-state index in [1.165, 1.54) is 4.90 Å². The van der Waals surface area contributed by atoms with Gasteiger partial charge >= 0.3 is 0 Å². The Hall–Kier alpha value is -2.90. The second-order valence-electron chi connectivity index (χ2n) is 7.21. The maximum absolute atomic E-state index is 13.1. The zero-order valence-corrected chi connectivity index (χ0v) is 15.5. The van der Waals surface area contributed by atoms with Crippen LogP contribution in [0.4, 0.5) is 0 Å². The van der Waals surface area contributed by atoms with Crippen molar-refractivity contribution in [1.29, 1.82) is 0 Å². The Labute approximate surface area is 162 Å². The van der Waals surface area contributed by atoms with E-state index in [9.17, 15) is 4.79 Å². The van der Waals surface area contributed by atoms with Crippen LogP contribution < -0.4 is 4.90 Å². The largest absolute Gasteiger partial charge is 0.467 e. The standard InChI is InChI=1S/C21H21N3O4/c25-21(14-23-7-10-26-11-8-23)24-17(19-6-3-9-27-19)13-16(22-24)20-12-15-4-1-2-5-18(15)28-20/h1-6,9,12,17H,7-8,10-11,13-14H2/p+1/t17-/m0/s1. The molecule has 4 heterocycles. The number of rotatable bonds is 4. The number of carbonyl (C=O) groups is 1. The Morgan fingerprint density at radius 2 is 2.04 bits per heavy atom. The zero-order chi connectivity index (χ0) is 18.9. The molecule has 0 bridgehead atoms. The van der Waals surface area contributed by atoms with E-state index in [1.807, 2.05) is 42.5 Å². The minimum Gasteiger partial charge on any atom is -0.467 e. The van der Waals surface area contributed by atoms with Gasteiger partial charge in [-0.05, 0) is 24.3 Å². The van der Waals surface area contributed by atoms with Crippen LogP contribution in [-0.2, 0) is 9.53 Å². The first-order chi connectivity index (χ1) is 13.8. The number of amides is 1. The van der Waals surface area contributed by atoms with Crippen LogP contribution >= 0.6 is 0 Å². The molecule has 2 aromatic heterocycles. The number of ether oxygens (including phenoxy) is 1. The van der Waals surface area contributed by atoms with Crippen molar-refractivity contribution in [2.75, 3.05) is 32.8 Å². The van der Waals surface area contributed by atoms with Crippen molar-refractivity contribution < 1.29 is 23.3 Å². The van der Waals surface area contributed by atoms with E-state index in [0.29, 0.717) is 31.9 Å². The molecule has 1 aromatic carbocycles. The predicted octanol–water partition coefficient (Wildman–Crippen LogP) is 1.62. The van der Waals surface area contributed by atoms with E-state index in [4.69, 9.17) is 13.6 Å². The van der Waals surface area contributed by atoms with Gasteiger partial charge in [0, 0.05) is 11.8 Å². The Bertz CT molecular complexity index is 969. The predicted molar refractivity (Wildman–Crippen MR) is 102 cm³/mol. The lowest BCUT2D eigenvalue weighted by molar-refractivity contribution is -0.900. The van der Waals surface area contributed by atoms with E-state index in [0.717, 1.165) is 35.5 Å². The molecule has 28 heavy (non-hydrogen) atoms. The third-order valence-electron chi connectivity index (χ3n) is 5.35. The molecule has 2 aliphatic rings. The lowest BCUT2D eigenvalue weighted by atomic mass is 10.1. The van der Waals surface area contributed by atoms with Gasteiger partial charge in [0.2, 0.25) is 0 Å². The molecule has 0 saturated carbocycles. The normalized spacial score (nSPS) is 20.6. The minimum absolute atomic E-state index is 0.00980. The first kappa shape index (κ1) is 17.2. The van der Waals surface area contributed by atoms with Crippen molar-refractivity contribution in [3.05, 3.63) is 60.2 Å². The minimum atomic E-state index is -0.244. The maximum atomic E-state index is 13.1. The van der Waals surface area contributed by atoms with Crippen LogP contribution in [0, 0.1) is 0 Å². The Balaban J connectivity index is 1.43. The molecule has 144 valence electrons. The molecule has 1 amide bonds. The summed E-state index contributed by atoms with van der Waals surface area (Å²) in [5, 5.41) is 7.26. The SMILES string of the molecule is O=C(C[NH+]1CCOCC1)N1N=C(c2cc3ccccc3o2)C[C@H]1c1ccco1. The summed E-state index contributed by atoms with van der Waals surface area (Å²) >= 11 is 0. The summed E-state index contributed by atoms with van der Waals surface area (Å²) in [5.41, 5.74) is 1.58. The number of hydrogen-bond donors (Lipinski definition) is 1. The van der Waals surface area contributed by atoms with Crippen LogP contribution in [0.5, 0.6) is 0 Å². The number of morpholine rings is 1. The fourth-order valence-corrected chi connectivity index (χ4v) is 3.85. The molecule has 1 atom stereocenters. The van der Waals surface area contributed by atoms with Gasteiger partial charge < -0.3 is 18.5 Å². The monoisotopic (exact) mass is 380 g/mol. The highest BCUT2D eigenvalue weighted by Gasteiger charge is 2.37. The Morgan fingerprint density at radius 3 is 2.82 bits per heavy atom. The number of para-hydroxylation sites is 1. The molecule has 0 unspecified atom stereocenters. The molecule has 0 aliphatic carbocycles. The topological polar surface area (TPSA) is 72.6 Å². The van der Waals surface area contributed by atoms with E-state index >= 15 is 0 Å². The molecule has 0 radical (unpaired) electrons. The van der Waals surface area contributed by atoms with Gasteiger partial charge in [-0.15, -0.1) is 0 Å². The summed E-state index contributed by atoms with van der Waals surface area (Å²) in [6.07, 6.45) is 2.20. The summed E-state index contributed by atoms with van der Waals surface area (Å²) in [7, 11) is 0. The van der Waals surface area contributed by atoms with Gasteiger partial charge in [-0.1, -0.05) is 18.2 Å². The fraction of sp³-hybridized carbons (Fsp3) is 0.333. The Morgan fingerprint density at radius 1 is 1.18 bits per heavy atom. The van der Waals surface area contributed by atoms with Gasteiger partial charge in [0.15, 0.2) is 12.3 Å². The number of nitrogens with zero attached hydrogens (tertiary/aromatic N) is 2. The van der Waals surface area contributed by atoms with Gasteiger partial charge in [0.1, 0.15) is 36.2 Å². The Kier molecular flexibility index (Phi) is 4.46. The van der Waals surface area contributed by atoms with Gasteiger partial charge in [0.25, 0.3) is 5.91 Å². The number of hydrogen-bond acceptors (Lipinski definition) is 5. The number of fused-ring (bicyclic) bond motifs is 1. The third kappa shape index (κ3) is 3.23. The van der Waals surface area contributed by atoms with Crippen molar-refractivity contribution >= 4 is 22.6 Å². The number of quaternary nitrogens is 1. The van der Waals surface area contributed by atoms with Gasteiger partial charge in [0.05, 0.1) is 19.5 Å². The number of nitrogens with one attached hydrogen (secondary N) is 1. The second-order valence-corrected chi connectivity index (χ2v) is 7.21. The highest BCUT2D eigenvalue weighted by atomic mass is 16.5. The highest BCUT2D eigenvalue weighted by Crippen LogP contribution is 2.34. The third-order valence-corrected chi connectivity index (χ3v) is 5.35. The van der Waals surface area contributed by atoms with Gasteiger partial charge in [-0.25, -0.2) is 5.01 Å². The molecule has 7 heteroatoms. The average Bonchev–Trinajstić information content (AvgIpc) is 3.46. The molecule has 1 saturated heterocycles. The lowest BCUT2D eigenvalue weighted by Gasteiger charge is -2.26. The highest BCUT2D eigenvalue weighted by molar-refractivity contribution is 6.03. The van der Waals surface area contributed by atoms with Crippen LogP contribution in [0.2, 0.25) is 0 Å². The molecular weight excluding hydrogens is 358 g/mol. The summed E-state index contributed by atoms with van der Waals surface area (Å²) in [5.74, 6) is 1.43. The molecule has 5 rings (SSSR count). The second kappa shape index (κ2) is 7.26. The summed E-state index contributed by atoms with van der Waals surface area (Å²) in [6, 6.07) is 13.3. The molecule has 1 N–H and O–H groups in total. The quantitative estimate of drug-likeness (QED) is 0.747. The molecule has 3 aromatic rings. The van der Waals surface area contributed by atoms with E-state index < -0.39 is 0 Å². The van der Waals surface area contributed by atoms with Gasteiger partial charge in [-0.3, -0.25) is 4.79 Å². The summed E-state index contributed by atoms with van der Waals surface area (Å²) in [6.45, 7) is 3.46. The van der Waals surface area contributed by atoms with Crippen molar-refractivity contribution in [3.8, 4) is 0 Å². The summed E-state index contributed by atoms with van der Waals surface area (Å²) in [4.78, 5) is 14.3. The van der Waals surface area contributed by atoms with E-state index in [2.05, 4.69) is 5.10 Å². The fourth-order valence-electron chi connectivity index (χ4n) is 3.85. The van der Waals surface area contributed by atoms with Crippen LogP contribution in [0.15, 0.2) is 62.7 Å². The van der Waals surface area contributed by atoms with E-state index in [1.54, 1.807) is 11.3 Å². The van der Waals surface area contributed by atoms with Crippen LogP contribution in [0.3, 0.4) is 0 Å². The first-order valence-corrected chi connectivity index (χ1v) is 9.61. The smallest absolute Gasteiger partial charge is 0.298 e. The van der Waals surface area contributed by atoms with Gasteiger partial charge in [-0.2, -0.15) is 5.10 Å². The van der Waals surface area contributed by atoms with Crippen molar-refractivity contribution in [2.24, 2.45) is 5.10 Å². The van der Waals surface area contributed by atoms with E-state index in [-0.39, 0.29) is 11.9 Å². The molecular formula is C21H22N3O4+. The first-order valence-electron chi connectivity index (χ1n) is 9.61. The van der Waals surface area contributed by atoms with Crippen LogP contribution in [-0.4, -0.2) is 49.5 Å². The van der Waals surface area contributed by atoms with Crippen molar-refractivity contribution in [3.63, 3.8) is 0 Å².